The van der Waals surface area contributed by atoms with Crippen molar-refractivity contribution < 1.29 is 0 Å². The summed E-state index contributed by atoms with van der Waals surface area (Å²) in [6.07, 6.45) is 3.10. The van der Waals surface area contributed by atoms with Crippen molar-refractivity contribution >= 4 is 17.6 Å². The van der Waals surface area contributed by atoms with Crippen molar-refractivity contribution in [2.24, 2.45) is 5.73 Å². The molecule has 0 aliphatic heterocycles. The van der Waals surface area contributed by atoms with Gasteiger partial charge < -0.3 is 5.73 Å². The van der Waals surface area contributed by atoms with Crippen molar-refractivity contribution in [3.63, 3.8) is 0 Å². The van der Waals surface area contributed by atoms with Crippen molar-refractivity contribution in [1.29, 1.82) is 10.7 Å². The Bertz CT molecular complexity index is 383. The maximum absolute atomic E-state index is 8.37. The van der Waals surface area contributed by atoms with Crippen molar-refractivity contribution in [3.05, 3.63) is 24.0 Å². The van der Waals surface area contributed by atoms with E-state index in [1.54, 1.807) is 24.0 Å². The van der Waals surface area contributed by atoms with Gasteiger partial charge in [0.2, 0.25) is 0 Å². The second kappa shape index (κ2) is 6.04. The zero-order valence-electron chi connectivity index (χ0n) is 8.23. The summed E-state index contributed by atoms with van der Waals surface area (Å²) >= 11 is 1.65. The zero-order valence-corrected chi connectivity index (χ0v) is 9.05. The largest absolute Gasteiger partial charge is 0.382 e. The summed E-state index contributed by atoms with van der Waals surface area (Å²) in [6.45, 7) is 0. The van der Waals surface area contributed by atoms with Crippen molar-refractivity contribution in [1.82, 2.24) is 4.98 Å². The third kappa shape index (κ3) is 4.00. The molecular weight excluding hydrogens is 208 g/mol. The maximum Gasteiger partial charge on any atom is 0.141 e. The van der Waals surface area contributed by atoms with Crippen LogP contribution in [-0.2, 0) is 0 Å². The lowest BCUT2D eigenvalue weighted by Gasteiger charge is -2.02. The van der Waals surface area contributed by atoms with Gasteiger partial charge in [0, 0.05) is 17.5 Å². The number of unbranched alkanes of at least 4 members (excludes halogenated alkanes) is 1. The van der Waals surface area contributed by atoms with Crippen LogP contribution in [0.1, 0.15) is 18.5 Å². The number of thioether (sulfide) groups is 1. The molecule has 0 aliphatic carbocycles. The Morgan fingerprint density at radius 3 is 3.13 bits per heavy atom. The van der Waals surface area contributed by atoms with Crippen molar-refractivity contribution in [2.75, 3.05) is 5.75 Å². The highest BCUT2D eigenvalue weighted by Crippen LogP contribution is 2.19. The lowest BCUT2D eigenvalue weighted by atomic mass is 10.3. The number of nitriles is 1. The number of nitrogen functional groups attached to an aromatic ring is 1. The smallest absolute Gasteiger partial charge is 0.141 e. The number of hydrogen-bond acceptors (Lipinski definition) is 4. The molecule has 0 aromatic carbocycles. The van der Waals surface area contributed by atoms with Crippen LogP contribution in [0.15, 0.2) is 23.2 Å². The maximum atomic E-state index is 8.37. The Morgan fingerprint density at radius 1 is 1.67 bits per heavy atom. The monoisotopic (exact) mass is 220 g/mol. The average Bonchev–Trinajstić information content (AvgIpc) is 2.25. The Kier molecular flexibility index (Phi) is 4.64. The standard InChI is InChI=1S/C10H12N4S/c11-4-1-2-6-15-8-3-5-14-9(7-8)10(12)13/h3,5,7H,1-2,6H2,(H3,12,13). The van der Waals surface area contributed by atoms with E-state index in [9.17, 15) is 0 Å². The first-order valence-electron chi connectivity index (χ1n) is 4.54. The van der Waals surface area contributed by atoms with E-state index in [1.165, 1.54) is 0 Å². The highest BCUT2D eigenvalue weighted by molar-refractivity contribution is 7.99. The SMILES string of the molecule is N#CCCCSc1ccnc(C(=N)N)c1. The van der Waals surface area contributed by atoms with E-state index in [4.69, 9.17) is 16.4 Å². The van der Waals surface area contributed by atoms with Gasteiger partial charge in [0.1, 0.15) is 11.5 Å². The summed E-state index contributed by atoms with van der Waals surface area (Å²) < 4.78 is 0. The molecule has 5 heteroatoms. The van der Waals surface area contributed by atoms with Gasteiger partial charge in [-0.05, 0) is 24.3 Å². The lowest BCUT2D eigenvalue weighted by Crippen LogP contribution is -2.12. The van der Waals surface area contributed by atoms with Gasteiger partial charge in [-0.1, -0.05) is 0 Å². The van der Waals surface area contributed by atoms with Crippen LogP contribution in [0, 0.1) is 16.7 Å². The van der Waals surface area contributed by atoms with Gasteiger partial charge in [-0.15, -0.1) is 11.8 Å². The van der Waals surface area contributed by atoms with E-state index in [2.05, 4.69) is 11.1 Å². The molecule has 0 atom stereocenters. The number of nitrogens with zero attached hydrogens (tertiary/aromatic N) is 2. The molecule has 0 saturated heterocycles. The fourth-order valence-corrected chi connectivity index (χ4v) is 1.87. The van der Waals surface area contributed by atoms with Crippen molar-refractivity contribution in [2.45, 2.75) is 17.7 Å². The fraction of sp³-hybridized carbons (Fsp3) is 0.300. The summed E-state index contributed by atoms with van der Waals surface area (Å²) in [5.41, 5.74) is 5.83. The number of rotatable bonds is 5. The topological polar surface area (TPSA) is 86.5 Å². The van der Waals surface area contributed by atoms with Gasteiger partial charge in [-0.25, -0.2) is 0 Å². The van der Waals surface area contributed by atoms with Gasteiger partial charge in [-0.3, -0.25) is 10.4 Å². The molecule has 0 bridgehead atoms. The second-order valence-electron chi connectivity index (χ2n) is 2.90. The zero-order chi connectivity index (χ0) is 11.1. The summed E-state index contributed by atoms with van der Waals surface area (Å²) in [4.78, 5) is 5.00. The molecule has 78 valence electrons. The highest BCUT2D eigenvalue weighted by atomic mass is 32.2. The third-order valence-corrected chi connectivity index (χ3v) is 2.79. The fourth-order valence-electron chi connectivity index (χ4n) is 0.989. The minimum absolute atomic E-state index is 0.0190. The number of nitrogens with one attached hydrogen (secondary N) is 1. The molecule has 4 nitrogen and oxygen atoms in total. The molecule has 0 radical (unpaired) electrons. The number of hydrogen-bond donors (Lipinski definition) is 2. The van der Waals surface area contributed by atoms with E-state index in [0.717, 1.165) is 17.1 Å². The molecule has 1 aromatic heterocycles. The molecule has 1 aromatic rings. The molecule has 15 heavy (non-hydrogen) atoms. The van der Waals surface area contributed by atoms with E-state index >= 15 is 0 Å². The Hall–Kier alpha value is -1.54. The van der Waals surface area contributed by atoms with Gasteiger partial charge in [0.05, 0.1) is 6.07 Å². The van der Waals surface area contributed by atoms with Crippen LogP contribution in [0.25, 0.3) is 0 Å². The second-order valence-corrected chi connectivity index (χ2v) is 4.07. The van der Waals surface area contributed by atoms with Crippen molar-refractivity contribution in [3.8, 4) is 6.07 Å². The quantitative estimate of drug-likeness (QED) is 0.342. The minimum Gasteiger partial charge on any atom is -0.382 e. The van der Waals surface area contributed by atoms with Gasteiger partial charge in [0.25, 0.3) is 0 Å². The molecule has 1 rings (SSSR count). The predicted octanol–water partition coefficient (Wildman–Crippen LogP) is 1.76. The van der Waals surface area contributed by atoms with E-state index in [1.807, 2.05) is 6.07 Å². The first-order chi connectivity index (χ1) is 7.24. The molecule has 0 amide bonds. The van der Waals surface area contributed by atoms with Crippen LogP contribution in [0.3, 0.4) is 0 Å². The lowest BCUT2D eigenvalue weighted by molar-refractivity contribution is 0.981. The molecule has 1 heterocycles. The van der Waals surface area contributed by atoms with E-state index in [0.29, 0.717) is 12.1 Å². The van der Waals surface area contributed by atoms with E-state index in [-0.39, 0.29) is 5.84 Å². The van der Waals surface area contributed by atoms with Crippen LogP contribution in [0.4, 0.5) is 0 Å². The van der Waals surface area contributed by atoms with Crippen LogP contribution in [0.2, 0.25) is 0 Å². The molecule has 0 saturated carbocycles. The molecule has 0 fully saturated rings. The van der Waals surface area contributed by atoms with Crippen LogP contribution in [0.5, 0.6) is 0 Å². The summed E-state index contributed by atoms with van der Waals surface area (Å²) in [6, 6.07) is 5.77. The summed E-state index contributed by atoms with van der Waals surface area (Å²) in [5, 5.41) is 15.6. The number of amidine groups is 1. The number of pyridine rings is 1. The first kappa shape index (κ1) is 11.5. The number of nitrogens with two attached hydrogens (primary N) is 1. The molecule has 0 spiro atoms. The predicted molar refractivity (Wildman–Crippen MR) is 60.8 cm³/mol. The Labute approximate surface area is 93.0 Å². The highest BCUT2D eigenvalue weighted by Gasteiger charge is 2.00. The molecule has 0 aliphatic rings. The summed E-state index contributed by atoms with van der Waals surface area (Å²) in [5.74, 6) is 0.879. The molecular formula is C10H12N4S. The molecule has 3 N–H and O–H groups in total. The molecule has 0 unspecified atom stereocenters. The Morgan fingerprint density at radius 2 is 2.47 bits per heavy atom. The number of aromatic nitrogens is 1. The average molecular weight is 220 g/mol. The first-order valence-corrected chi connectivity index (χ1v) is 5.53. The summed E-state index contributed by atoms with van der Waals surface area (Å²) in [7, 11) is 0. The van der Waals surface area contributed by atoms with Crippen LogP contribution in [-0.4, -0.2) is 16.6 Å². The van der Waals surface area contributed by atoms with Gasteiger partial charge in [-0.2, -0.15) is 5.26 Å². The van der Waals surface area contributed by atoms with Crippen LogP contribution >= 0.6 is 11.8 Å². The normalized spacial score (nSPS) is 9.53. The minimum atomic E-state index is -0.0190. The van der Waals surface area contributed by atoms with Crippen LogP contribution < -0.4 is 5.73 Å². The third-order valence-electron chi connectivity index (χ3n) is 1.71. The van der Waals surface area contributed by atoms with Gasteiger partial charge in [0.15, 0.2) is 0 Å². The van der Waals surface area contributed by atoms with Gasteiger partial charge >= 0.3 is 0 Å². The van der Waals surface area contributed by atoms with E-state index < -0.39 is 0 Å². The Balaban J connectivity index is 2.51.